The number of hydrogen-bond acceptors (Lipinski definition) is 7. The summed E-state index contributed by atoms with van der Waals surface area (Å²) in [5.41, 5.74) is -1.53. The minimum absolute atomic E-state index is 0.0377. The summed E-state index contributed by atoms with van der Waals surface area (Å²) in [6.07, 6.45) is -5.06. The predicted molar refractivity (Wildman–Crippen MR) is 128 cm³/mol. The van der Waals surface area contributed by atoms with E-state index in [1.54, 1.807) is 0 Å². The third-order valence-electron chi connectivity index (χ3n) is 4.83. The smallest absolute Gasteiger partial charge is 0.453 e. The van der Waals surface area contributed by atoms with Crippen molar-refractivity contribution in [2.75, 3.05) is 13.7 Å². The van der Waals surface area contributed by atoms with Crippen molar-refractivity contribution in [1.82, 2.24) is 0 Å². The number of rotatable bonds is 7. The van der Waals surface area contributed by atoms with Crippen molar-refractivity contribution in [1.29, 1.82) is 0 Å². The maximum atomic E-state index is 13.8. The molecule has 192 valence electrons. The van der Waals surface area contributed by atoms with Gasteiger partial charge >= 0.3 is 12.1 Å². The largest absolute Gasteiger partial charge is 0.497 e. The monoisotopic (exact) mass is 554 g/mol. The molecule has 37 heavy (non-hydrogen) atoms. The van der Waals surface area contributed by atoms with Gasteiger partial charge in [-0.25, -0.2) is 4.79 Å². The zero-order chi connectivity index (χ0) is 26.7. The lowest BCUT2D eigenvalue weighted by molar-refractivity contribution is -0.154. The molecule has 0 fully saturated rings. The van der Waals surface area contributed by atoms with Crippen LogP contribution in [0.4, 0.5) is 13.2 Å². The molecule has 0 aliphatic rings. The molecule has 0 N–H and O–H groups in total. The maximum Gasteiger partial charge on any atom is 0.453 e. The van der Waals surface area contributed by atoms with Gasteiger partial charge in [0.05, 0.1) is 17.5 Å². The first-order valence-electron chi connectivity index (χ1n) is 10.3. The standard InChI is InChI=1S/C25H15Cl2F3O7/c1-33-14-3-5-15(6-4-14)36-23-22(32)17-8-7-16(11-20(17)37-24(23)25(28,29)30)35-21(31)12-34-19-9-2-13(26)10-18(19)27/h2-11H,12H2,1H3. The van der Waals surface area contributed by atoms with Crippen LogP contribution in [0, 0.1) is 0 Å². The molecule has 1 heterocycles. The Morgan fingerprint density at radius 3 is 2.27 bits per heavy atom. The summed E-state index contributed by atoms with van der Waals surface area (Å²) in [6.45, 7) is -0.564. The third-order valence-corrected chi connectivity index (χ3v) is 5.36. The van der Waals surface area contributed by atoms with Crippen LogP contribution >= 0.6 is 23.2 Å². The number of carbonyl (C=O) groups excluding carboxylic acids is 1. The molecule has 0 amide bonds. The number of fused-ring (bicyclic) bond motifs is 1. The molecule has 0 spiro atoms. The molecule has 0 saturated carbocycles. The second-order valence-electron chi connectivity index (χ2n) is 7.36. The Kier molecular flexibility index (Phi) is 7.51. The van der Waals surface area contributed by atoms with E-state index in [-0.39, 0.29) is 27.7 Å². The Bertz CT molecular complexity index is 1520. The first-order chi connectivity index (χ1) is 17.5. The van der Waals surface area contributed by atoms with E-state index in [9.17, 15) is 22.8 Å². The summed E-state index contributed by atoms with van der Waals surface area (Å²) in [5.74, 6) is -3.17. The summed E-state index contributed by atoms with van der Waals surface area (Å²) in [5, 5.41) is 0.314. The molecule has 4 rings (SSSR count). The summed E-state index contributed by atoms with van der Waals surface area (Å²) >= 11 is 11.8. The van der Waals surface area contributed by atoms with Crippen molar-refractivity contribution in [2.24, 2.45) is 0 Å². The van der Waals surface area contributed by atoms with Gasteiger partial charge < -0.3 is 23.4 Å². The molecule has 7 nitrogen and oxygen atoms in total. The summed E-state index contributed by atoms with van der Waals surface area (Å²) < 4.78 is 66.9. The van der Waals surface area contributed by atoms with Gasteiger partial charge in [-0.3, -0.25) is 4.79 Å². The zero-order valence-corrected chi connectivity index (χ0v) is 20.2. The quantitative estimate of drug-likeness (QED) is 0.181. The number of halogens is 5. The number of benzene rings is 3. The SMILES string of the molecule is COc1ccc(Oc2c(C(F)(F)F)oc3cc(OC(=O)COc4ccc(Cl)cc4Cl)ccc3c2=O)cc1. The number of methoxy groups -OCH3 is 1. The fourth-order valence-corrected chi connectivity index (χ4v) is 3.61. The average Bonchev–Trinajstić information content (AvgIpc) is 2.85. The van der Waals surface area contributed by atoms with Crippen molar-refractivity contribution in [2.45, 2.75) is 6.18 Å². The predicted octanol–water partition coefficient (Wildman–Crippen LogP) is 6.90. The van der Waals surface area contributed by atoms with Crippen LogP contribution in [0.3, 0.4) is 0 Å². The van der Waals surface area contributed by atoms with Gasteiger partial charge in [0, 0.05) is 11.1 Å². The topological polar surface area (TPSA) is 84.2 Å². The number of carbonyl (C=O) groups is 1. The first kappa shape index (κ1) is 26.2. The molecule has 1 aromatic heterocycles. The lowest BCUT2D eigenvalue weighted by atomic mass is 10.2. The van der Waals surface area contributed by atoms with E-state index in [4.69, 9.17) is 46.6 Å². The molecule has 0 unspecified atom stereocenters. The molecular formula is C25H15Cl2F3O7. The van der Waals surface area contributed by atoms with Gasteiger partial charge in [-0.15, -0.1) is 0 Å². The minimum atomic E-state index is -5.06. The van der Waals surface area contributed by atoms with Crippen molar-refractivity contribution in [3.8, 4) is 28.7 Å². The van der Waals surface area contributed by atoms with E-state index in [1.165, 1.54) is 55.6 Å². The van der Waals surface area contributed by atoms with E-state index in [2.05, 4.69) is 0 Å². The van der Waals surface area contributed by atoms with Crippen molar-refractivity contribution >= 4 is 40.1 Å². The highest BCUT2D eigenvalue weighted by Gasteiger charge is 2.40. The number of alkyl halides is 3. The van der Waals surface area contributed by atoms with E-state index >= 15 is 0 Å². The van der Waals surface area contributed by atoms with E-state index < -0.39 is 41.3 Å². The Hall–Kier alpha value is -3.89. The number of ether oxygens (including phenoxy) is 4. The molecule has 0 atom stereocenters. The molecule has 0 bridgehead atoms. The van der Waals surface area contributed by atoms with Crippen LogP contribution in [0.25, 0.3) is 11.0 Å². The van der Waals surface area contributed by atoms with E-state index in [0.29, 0.717) is 10.8 Å². The second-order valence-corrected chi connectivity index (χ2v) is 8.20. The lowest BCUT2D eigenvalue weighted by Gasteiger charge is -2.14. The Balaban J connectivity index is 1.59. The van der Waals surface area contributed by atoms with Gasteiger partial charge in [0.2, 0.25) is 11.2 Å². The van der Waals surface area contributed by atoms with E-state index in [0.717, 1.165) is 12.1 Å². The van der Waals surface area contributed by atoms with Crippen LogP contribution in [-0.2, 0) is 11.0 Å². The van der Waals surface area contributed by atoms with Crippen LogP contribution in [0.15, 0.2) is 69.9 Å². The molecule has 3 aromatic carbocycles. The van der Waals surface area contributed by atoms with Crippen LogP contribution < -0.4 is 24.4 Å². The van der Waals surface area contributed by atoms with Crippen LogP contribution in [0.1, 0.15) is 5.76 Å². The molecule has 12 heteroatoms. The van der Waals surface area contributed by atoms with Gasteiger partial charge in [-0.2, -0.15) is 13.2 Å². The molecule has 0 aliphatic carbocycles. The third kappa shape index (κ3) is 6.10. The lowest BCUT2D eigenvalue weighted by Crippen LogP contribution is -2.18. The van der Waals surface area contributed by atoms with Crippen molar-refractivity contribution < 1.29 is 41.3 Å². The van der Waals surface area contributed by atoms with Crippen molar-refractivity contribution in [3.05, 3.63) is 86.7 Å². The molecule has 0 aliphatic heterocycles. The van der Waals surface area contributed by atoms with Gasteiger partial charge in [-0.05, 0) is 54.6 Å². The second kappa shape index (κ2) is 10.6. The number of hydrogen-bond donors (Lipinski definition) is 0. The van der Waals surface area contributed by atoms with Gasteiger partial charge in [0.1, 0.15) is 28.6 Å². The van der Waals surface area contributed by atoms with Gasteiger partial charge in [-0.1, -0.05) is 23.2 Å². The van der Waals surface area contributed by atoms with E-state index in [1.807, 2.05) is 0 Å². The highest BCUT2D eigenvalue weighted by molar-refractivity contribution is 6.35. The van der Waals surface area contributed by atoms with Gasteiger partial charge in [0.15, 0.2) is 6.61 Å². The van der Waals surface area contributed by atoms with Crippen LogP contribution in [0.2, 0.25) is 10.0 Å². The van der Waals surface area contributed by atoms with Crippen molar-refractivity contribution in [3.63, 3.8) is 0 Å². The average molecular weight is 555 g/mol. The summed E-state index contributed by atoms with van der Waals surface area (Å²) in [4.78, 5) is 25.1. The first-order valence-corrected chi connectivity index (χ1v) is 11.1. The fourth-order valence-electron chi connectivity index (χ4n) is 3.15. The summed E-state index contributed by atoms with van der Waals surface area (Å²) in [6, 6.07) is 13.3. The van der Waals surface area contributed by atoms with Crippen LogP contribution in [0.5, 0.6) is 28.7 Å². The molecule has 0 saturated heterocycles. The normalized spacial score (nSPS) is 11.3. The van der Waals surface area contributed by atoms with Gasteiger partial charge in [0.25, 0.3) is 5.76 Å². The Morgan fingerprint density at radius 1 is 0.946 bits per heavy atom. The fraction of sp³-hybridized carbons (Fsp3) is 0.120. The Labute approximate surface area is 216 Å². The maximum absolute atomic E-state index is 13.8. The molecule has 4 aromatic rings. The zero-order valence-electron chi connectivity index (χ0n) is 18.7. The minimum Gasteiger partial charge on any atom is -0.497 e. The molecule has 0 radical (unpaired) electrons. The molecular weight excluding hydrogens is 540 g/mol. The van der Waals surface area contributed by atoms with Crippen LogP contribution in [-0.4, -0.2) is 19.7 Å². The highest BCUT2D eigenvalue weighted by Crippen LogP contribution is 2.39. The summed E-state index contributed by atoms with van der Waals surface area (Å²) in [7, 11) is 1.42. The highest BCUT2D eigenvalue weighted by atomic mass is 35.5. The number of esters is 1. The Morgan fingerprint density at radius 2 is 1.62 bits per heavy atom.